The first-order chi connectivity index (χ1) is 9.86. The third-order valence-corrected chi connectivity index (χ3v) is 3.16. The predicted octanol–water partition coefficient (Wildman–Crippen LogP) is 4.84. The Balaban J connectivity index is 2.37. The van der Waals surface area contributed by atoms with E-state index in [1.54, 1.807) is 26.0 Å². The van der Waals surface area contributed by atoms with E-state index in [0.717, 1.165) is 6.07 Å². The number of anilines is 3. The van der Waals surface area contributed by atoms with E-state index in [1.165, 1.54) is 12.1 Å². The molecule has 0 bridgehead atoms. The van der Waals surface area contributed by atoms with Crippen molar-refractivity contribution >= 4 is 33.0 Å². The van der Waals surface area contributed by atoms with Crippen LogP contribution in [0.3, 0.4) is 0 Å². The molecule has 0 aliphatic carbocycles. The zero-order chi connectivity index (χ0) is 15.6. The third kappa shape index (κ3) is 3.85. The Morgan fingerprint density at radius 1 is 1.10 bits per heavy atom. The van der Waals surface area contributed by atoms with Crippen LogP contribution in [0.25, 0.3) is 0 Å². The van der Waals surface area contributed by atoms with E-state index >= 15 is 0 Å². The van der Waals surface area contributed by atoms with Crippen LogP contribution < -0.4 is 15.8 Å². The Morgan fingerprint density at radius 2 is 1.81 bits per heavy atom. The molecule has 3 nitrogen and oxygen atoms in total. The molecule has 0 saturated carbocycles. The van der Waals surface area contributed by atoms with Crippen molar-refractivity contribution in [2.45, 2.75) is 20.0 Å². The molecule has 0 aliphatic heterocycles. The van der Waals surface area contributed by atoms with Gasteiger partial charge in [-0.2, -0.15) is 0 Å². The maximum Gasteiger partial charge on any atom is 0.167 e. The molecular formula is C15H15BrF2N2O. The van der Waals surface area contributed by atoms with Crippen LogP contribution in [0.15, 0.2) is 34.8 Å². The number of nitrogens with one attached hydrogen (secondary N) is 1. The van der Waals surface area contributed by atoms with Crippen LogP contribution in [-0.4, -0.2) is 6.10 Å². The molecule has 2 aromatic carbocycles. The van der Waals surface area contributed by atoms with Crippen LogP contribution in [0, 0.1) is 11.6 Å². The third-order valence-electron chi connectivity index (χ3n) is 2.66. The van der Waals surface area contributed by atoms with E-state index in [9.17, 15) is 8.78 Å². The molecule has 112 valence electrons. The fourth-order valence-corrected chi connectivity index (χ4v) is 2.12. The summed E-state index contributed by atoms with van der Waals surface area (Å²) in [6.07, 6.45) is -0.182. The summed E-state index contributed by atoms with van der Waals surface area (Å²) in [6.45, 7) is 3.58. The van der Waals surface area contributed by atoms with Gasteiger partial charge in [-0.05, 0) is 32.0 Å². The summed E-state index contributed by atoms with van der Waals surface area (Å²) in [7, 11) is 0. The van der Waals surface area contributed by atoms with Gasteiger partial charge in [-0.15, -0.1) is 0 Å². The summed E-state index contributed by atoms with van der Waals surface area (Å²) < 4.78 is 33.6. The van der Waals surface area contributed by atoms with Crippen LogP contribution in [0.1, 0.15) is 13.8 Å². The lowest BCUT2D eigenvalue weighted by Crippen LogP contribution is -2.08. The molecule has 0 amide bonds. The topological polar surface area (TPSA) is 47.3 Å². The lowest BCUT2D eigenvalue weighted by atomic mass is 10.2. The molecule has 0 unspecified atom stereocenters. The van der Waals surface area contributed by atoms with Crippen LogP contribution in [0.2, 0.25) is 0 Å². The van der Waals surface area contributed by atoms with Gasteiger partial charge >= 0.3 is 0 Å². The van der Waals surface area contributed by atoms with Gasteiger partial charge in [0.15, 0.2) is 11.6 Å². The summed E-state index contributed by atoms with van der Waals surface area (Å²) in [4.78, 5) is 0. The number of hydrogen-bond donors (Lipinski definition) is 2. The molecule has 2 aromatic rings. The minimum atomic E-state index is -0.554. The van der Waals surface area contributed by atoms with Gasteiger partial charge in [0.25, 0.3) is 0 Å². The highest BCUT2D eigenvalue weighted by Gasteiger charge is 2.12. The summed E-state index contributed by atoms with van der Waals surface area (Å²) in [5, 5.41) is 2.85. The molecule has 2 rings (SSSR count). The fraction of sp³-hybridized carbons (Fsp3) is 0.200. The molecule has 0 saturated heterocycles. The molecule has 0 aliphatic rings. The number of nitrogen functional groups attached to an aromatic ring is 1. The average Bonchev–Trinajstić information content (AvgIpc) is 2.39. The second-order valence-corrected chi connectivity index (χ2v) is 5.70. The van der Waals surface area contributed by atoms with Crippen LogP contribution in [0.4, 0.5) is 25.8 Å². The van der Waals surface area contributed by atoms with E-state index in [-0.39, 0.29) is 23.2 Å². The maximum atomic E-state index is 13.8. The highest BCUT2D eigenvalue weighted by molar-refractivity contribution is 9.10. The molecule has 0 atom stereocenters. The molecule has 21 heavy (non-hydrogen) atoms. The Bertz CT molecular complexity index is 662. The summed E-state index contributed by atoms with van der Waals surface area (Å²) in [5.41, 5.74) is 6.55. The van der Waals surface area contributed by atoms with Crippen molar-refractivity contribution in [1.29, 1.82) is 0 Å². The molecule has 0 fully saturated rings. The zero-order valence-corrected chi connectivity index (χ0v) is 13.2. The minimum Gasteiger partial charge on any atom is -0.488 e. The van der Waals surface area contributed by atoms with E-state index < -0.39 is 11.6 Å². The number of rotatable bonds is 4. The second-order valence-electron chi connectivity index (χ2n) is 4.79. The summed E-state index contributed by atoms with van der Waals surface area (Å²) >= 11 is 3.26. The van der Waals surface area contributed by atoms with Gasteiger partial charge in [0.1, 0.15) is 5.82 Å². The Labute approximate surface area is 130 Å². The van der Waals surface area contributed by atoms with E-state index in [4.69, 9.17) is 10.5 Å². The standard InChI is InChI=1S/C15H15BrF2N2O/c1-8(2)21-15-7-14(12(19)6-11(15)18)20-13-5-9(16)3-4-10(13)17/h3-8,20H,19H2,1-2H3. The van der Waals surface area contributed by atoms with E-state index in [1.807, 2.05) is 0 Å². The van der Waals surface area contributed by atoms with Gasteiger partial charge in [-0.25, -0.2) is 8.78 Å². The normalized spacial score (nSPS) is 10.8. The number of halogens is 3. The van der Waals surface area contributed by atoms with Crippen molar-refractivity contribution < 1.29 is 13.5 Å². The van der Waals surface area contributed by atoms with Gasteiger partial charge in [0.2, 0.25) is 0 Å². The fourth-order valence-electron chi connectivity index (χ4n) is 1.76. The SMILES string of the molecule is CC(C)Oc1cc(Nc2cc(Br)ccc2F)c(N)cc1F. The lowest BCUT2D eigenvalue weighted by Gasteiger charge is -2.15. The summed E-state index contributed by atoms with van der Waals surface area (Å²) in [6, 6.07) is 7.04. The summed E-state index contributed by atoms with van der Waals surface area (Å²) in [5.74, 6) is -0.924. The molecule has 3 N–H and O–H groups in total. The van der Waals surface area contributed by atoms with Gasteiger partial charge in [0, 0.05) is 16.6 Å². The molecule has 0 radical (unpaired) electrons. The van der Waals surface area contributed by atoms with E-state index in [0.29, 0.717) is 10.2 Å². The Kier molecular flexibility index (Phi) is 4.67. The molecule has 6 heteroatoms. The first-order valence-electron chi connectivity index (χ1n) is 6.34. The monoisotopic (exact) mass is 356 g/mol. The quantitative estimate of drug-likeness (QED) is 0.770. The number of benzene rings is 2. The Hall–Kier alpha value is -1.82. The average molecular weight is 357 g/mol. The molecule has 0 aromatic heterocycles. The van der Waals surface area contributed by atoms with Crippen molar-refractivity contribution in [3.05, 3.63) is 46.4 Å². The predicted molar refractivity (Wildman–Crippen MR) is 84.0 cm³/mol. The highest BCUT2D eigenvalue weighted by atomic mass is 79.9. The number of hydrogen-bond acceptors (Lipinski definition) is 3. The number of nitrogens with two attached hydrogens (primary N) is 1. The van der Waals surface area contributed by atoms with Gasteiger partial charge in [-0.1, -0.05) is 15.9 Å². The zero-order valence-electron chi connectivity index (χ0n) is 11.6. The van der Waals surface area contributed by atoms with Crippen molar-refractivity contribution in [3.8, 4) is 5.75 Å². The lowest BCUT2D eigenvalue weighted by molar-refractivity contribution is 0.231. The molecular weight excluding hydrogens is 342 g/mol. The highest BCUT2D eigenvalue weighted by Crippen LogP contribution is 2.32. The smallest absolute Gasteiger partial charge is 0.167 e. The maximum absolute atomic E-state index is 13.8. The minimum absolute atomic E-state index is 0.0668. The first kappa shape index (κ1) is 15.6. The van der Waals surface area contributed by atoms with Crippen molar-refractivity contribution in [2.75, 3.05) is 11.1 Å². The second kappa shape index (κ2) is 6.30. The van der Waals surface area contributed by atoms with Crippen molar-refractivity contribution in [2.24, 2.45) is 0 Å². The number of ether oxygens (including phenoxy) is 1. The van der Waals surface area contributed by atoms with Crippen molar-refractivity contribution in [1.82, 2.24) is 0 Å². The van der Waals surface area contributed by atoms with Gasteiger partial charge in [0.05, 0.1) is 23.2 Å². The Morgan fingerprint density at radius 3 is 2.48 bits per heavy atom. The van der Waals surface area contributed by atoms with Crippen LogP contribution in [0.5, 0.6) is 5.75 Å². The van der Waals surface area contributed by atoms with Gasteiger partial charge in [-0.3, -0.25) is 0 Å². The van der Waals surface area contributed by atoms with E-state index in [2.05, 4.69) is 21.2 Å². The first-order valence-corrected chi connectivity index (χ1v) is 7.14. The largest absolute Gasteiger partial charge is 0.488 e. The van der Waals surface area contributed by atoms with Crippen molar-refractivity contribution in [3.63, 3.8) is 0 Å². The molecule has 0 heterocycles. The van der Waals surface area contributed by atoms with Gasteiger partial charge < -0.3 is 15.8 Å². The molecule has 0 spiro atoms. The van der Waals surface area contributed by atoms with Crippen LogP contribution in [-0.2, 0) is 0 Å². The van der Waals surface area contributed by atoms with Crippen LogP contribution >= 0.6 is 15.9 Å².